The van der Waals surface area contributed by atoms with E-state index in [1.807, 2.05) is 0 Å². The monoisotopic (exact) mass is 221 g/mol. The van der Waals surface area contributed by atoms with Crippen LogP contribution in [-0.2, 0) is 4.84 Å². The van der Waals surface area contributed by atoms with E-state index < -0.39 is 0 Å². The van der Waals surface area contributed by atoms with Crippen LogP contribution < -0.4 is 5.90 Å². The molecule has 5 N–H and O–H groups in total. The Morgan fingerprint density at radius 2 is 1.20 bits per heavy atom. The summed E-state index contributed by atoms with van der Waals surface area (Å²) in [6.45, 7) is 0.771. The molecule has 0 aliphatic rings. The maximum atomic E-state index is 8.92. The fourth-order valence-electron chi connectivity index (χ4n) is 1.95. The van der Waals surface area contributed by atoms with Crippen LogP contribution in [0.2, 0.25) is 0 Å². The summed E-state index contributed by atoms with van der Waals surface area (Å²) in [5.74, 6) is 5.43. The highest BCUT2D eigenvalue weighted by atomic mass is 16.6. The number of hydrogen-bond donors (Lipinski definition) is 4. The summed E-state index contributed by atoms with van der Waals surface area (Å²) >= 11 is 0. The van der Waals surface area contributed by atoms with Crippen molar-refractivity contribution >= 4 is 0 Å². The molecular formula is C10H23NO4. The Bertz CT molecular complexity index is 129. The third-order valence-electron chi connectivity index (χ3n) is 2.77. The van der Waals surface area contributed by atoms with Crippen LogP contribution in [0.1, 0.15) is 25.7 Å². The highest BCUT2D eigenvalue weighted by molar-refractivity contribution is 4.70. The molecule has 0 aromatic heterocycles. The zero-order valence-corrected chi connectivity index (χ0v) is 9.14. The van der Waals surface area contributed by atoms with Gasteiger partial charge in [-0.15, -0.1) is 0 Å². The lowest BCUT2D eigenvalue weighted by Gasteiger charge is -2.25. The Morgan fingerprint density at radius 1 is 0.800 bits per heavy atom. The first-order valence-corrected chi connectivity index (χ1v) is 5.44. The van der Waals surface area contributed by atoms with Crippen molar-refractivity contribution in [1.82, 2.24) is 0 Å². The predicted octanol–water partition coefficient (Wildman–Crippen LogP) is -0.354. The minimum Gasteiger partial charge on any atom is -0.396 e. The lowest BCUT2D eigenvalue weighted by atomic mass is 9.83. The van der Waals surface area contributed by atoms with Gasteiger partial charge in [0, 0.05) is 19.8 Å². The Kier molecular flexibility index (Phi) is 10.2. The third kappa shape index (κ3) is 6.81. The molecule has 1 atom stereocenters. The van der Waals surface area contributed by atoms with Crippen molar-refractivity contribution in [1.29, 1.82) is 0 Å². The normalized spacial score (nSPS) is 13.4. The minimum absolute atomic E-state index is 0.107. The van der Waals surface area contributed by atoms with E-state index in [9.17, 15) is 0 Å². The van der Waals surface area contributed by atoms with Crippen molar-refractivity contribution in [2.24, 2.45) is 17.7 Å². The summed E-state index contributed by atoms with van der Waals surface area (Å²) in [4.78, 5) is 4.52. The van der Waals surface area contributed by atoms with Gasteiger partial charge >= 0.3 is 0 Å². The predicted molar refractivity (Wildman–Crippen MR) is 56.8 cm³/mol. The van der Waals surface area contributed by atoms with Gasteiger partial charge in [-0.05, 0) is 37.5 Å². The van der Waals surface area contributed by atoms with Crippen molar-refractivity contribution < 1.29 is 20.2 Å². The molecule has 5 heteroatoms. The number of rotatable bonds is 10. The molecule has 1 unspecified atom stereocenters. The zero-order valence-electron chi connectivity index (χ0n) is 9.14. The van der Waals surface area contributed by atoms with Gasteiger partial charge in [0.25, 0.3) is 0 Å². The second-order valence-electron chi connectivity index (χ2n) is 3.72. The highest BCUT2D eigenvalue weighted by Gasteiger charge is 2.20. The van der Waals surface area contributed by atoms with Crippen LogP contribution in [-0.4, -0.2) is 41.7 Å². The summed E-state index contributed by atoms with van der Waals surface area (Å²) in [5, 5.41) is 26.7. The maximum Gasteiger partial charge on any atom is 0.0682 e. The smallest absolute Gasteiger partial charge is 0.0682 e. The molecule has 0 bridgehead atoms. The average molecular weight is 221 g/mol. The van der Waals surface area contributed by atoms with Gasteiger partial charge in [0.2, 0.25) is 0 Å². The van der Waals surface area contributed by atoms with Crippen molar-refractivity contribution in [3.05, 3.63) is 0 Å². The quantitative estimate of drug-likeness (QED) is 0.378. The van der Waals surface area contributed by atoms with Crippen LogP contribution in [0, 0.1) is 11.8 Å². The number of hydrogen-bond acceptors (Lipinski definition) is 5. The molecule has 5 nitrogen and oxygen atoms in total. The molecule has 0 saturated heterocycles. The van der Waals surface area contributed by atoms with Crippen molar-refractivity contribution in [3.8, 4) is 0 Å². The topological polar surface area (TPSA) is 95.9 Å². The van der Waals surface area contributed by atoms with Crippen LogP contribution in [0.3, 0.4) is 0 Å². The van der Waals surface area contributed by atoms with Gasteiger partial charge in [-0.2, -0.15) is 0 Å². The SMILES string of the molecule is NOCCC(CCO)C(CCO)CCO. The lowest BCUT2D eigenvalue weighted by molar-refractivity contribution is 0.0888. The first-order chi connectivity index (χ1) is 7.29. The van der Waals surface area contributed by atoms with E-state index in [4.69, 9.17) is 21.2 Å². The Balaban J connectivity index is 4.09. The van der Waals surface area contributed by atoms with Gasteiger partial charge in [-0.3, -0.25) is 0 Å². The summed E-state index contributed by atoms with van der Waals surface area (Å²) in [7, 11) is 0. The fourth-order valence-corrected chi connectivity index (χ4v) is 1.95. The van der Waals surface area contributed by atoms with Crippen LogP contribution in [0.25, 0.3) is 0 Å². The molecule has 0 amide bonds. The Labute approximate surface area is 90.8 Å². The van der Waals surface area contributed by atoms with Gasteiger partial charge in [-0.1, -0.05) is 0 Å². The second-order valence-corrected chi connectivity index (χ2v) is 3.72. The summed E-state index contributed by atoms with van der Waals surface area (Å²) in [6.07, 6.45) is 2.71. The van der Waals surface area contributed by atoms with E-state index in [-0.39, 0.29) is 31.7 Å². The average Bonchev–Trinajstić information content (AvgIpc) is 2.24. The number of aliphatic hydroxyl groups is 3. The molecular weight excluding hydrogens is 198 g/mol. The zero-order chi connectivity index (χ0) is 11.5. The first-order valence-electron chi connectivity index (χ1n) is 5.44. The molecule has 0 spiro atoms. The van der Waals surface area contributed by atoms with Crippen molar-refractivity contribution in [3.63, 3.8) is 0 Å². The molecule has 92 valence electrons. The summed E-state index contributed by atoms with van der Waals surface area (Å²) in [6, 6.07) is 0. The molecule has 0 aliphatic carbocycles. The first kappa shape index (κ1) is 14.8. The van der Waals surface area contributed by atoms with E-state index >= 15 is 0 Å². The Hall–Kier alpha value is -0.200. The summed E-state index contributed by atoms with van der Waals surface area (Å²) < 4.78 is 0. The van der Waals surface area contributed by atoms with Crippen LogP contribution >= 0.6 is 0 Å². The molecule has 0 radical (unpaired) electrons. The van der Waals surface area contributed by atoms with Crippen molar-refractivity contribution in [2.75, 3.05) is 26.4 Å². The van der Waals surface area contributed by atoms with Crippen LogP contribution in [0.15, 0.2) is 0 Å². The molecule has 0 aromatic rings. The van der Waals surface area contributed by atoms with E-state index in [1.54, 1.807) is 0 Å². The minimum atomic E-state index is 0.107. The van der Waals surface area contributed by atoms with Gasteiger partial charge in [-0.25, -0.2) is 5.90 Å². The van der Waals surface area contributed by atoms with Crippen molar-refractivity contribution in [2.45, 2.75) is 25.7 Å². The van der Waals surface area contributed by atoms with E-state index in [0.717, 1.165) is 6.42 Å². The second kappa shape index (κ2) is 10.3. The number of aliphatic hydroxyl groups excluding tert-OH is 3. The molecule has 0 fully saturated rings. The van der Waals surface area contributed by atoms with Gasteiger partial charge in [0.15, 0.2) is 0 Å². The van der Waals surface area contributed by atoms with Crippen LogP contribution in [0.4, 0.5) is 0 Å². The third-order valence-corrected chi connectivity index (χ3v) is 2.77. The van der Waals surface area contributed by atoms with E-state index in [2.05, 4.69) is 4.84 Å². The fraction of sp³-hybridized carbons (Fsp3) is 1.00. The van der Waals surface area contributed by atoms with Gasteiger partial charge < -0.3 is 20.2 Å². The van der Waals surface area contributed by atoms with E-state index in [1.165, 1.54) is 0 Å². The lowest BCUT2D eigenvalue weighted by Crippen LogP contribution is -2.21. The highest BCUT2D eigenvalue weighted by Crippen LogP contribution is 2.25. The molecule has 0 heterocycles. The largest absolute Gasteiger partial charge is 0.396 e. The molecule has 0 rings (SSSR count). The Morgan fingerprint density at radius 3 is 1.53 bits per heavy atom. The molecule has 15 heavy (non-hydrogen) atoms. The van der Waals surface area contributed by atoms with Gasteiger partial charge in [0.05, 0.1) is 6.61 Å². The standard InChI is InChI=1S/C10H23NO4/c11-15-8-4-10(3-7-14)9(1-5-12)2-6-13/h9-10,12-14H,1-8,11H2. The van der Waals surface area contributed by atoms with Gasteiger partial charge in [0.1, 0.15) is 0 Å². The molecule has 0 aromatic carbocycles. The summed E-state index contributed by atoms with van der Waals surface area (Å²) in [5.41, 5.74) is 0. The van der Waals surface area contributed by atoms with E-state index in [0.29, 0.717) is 25.9 Å². The molecule has 0 aliphatic heterocycles. The van der Waals surface area contributed by atoms with Crippen LogP contribution in [0.5, 0.6) is 0 Å². The maximum absolute atomic E-state index is 8.92. The molecule has 0 saturated carbocycles. The number of nitrogens with two attached hydrogens (primary N) is 1.